The Balaban J connectivity index is 1.75. The normalized spacial score (nSPS) is 15.0. The fourth-order valence-corrected chi connectivity index (χ4v) is 3.70. The molecule has 0 bridgehead atoms. The molecule has 0 unspecified atom stereocenters. The van der Waals surface area contributed by atoms with Gasteiger partial charge in [-0.1, -0.05) is 11.6 Å². The molecule has 1 aromatic heterocycles. The van der Waals surface area contributed by atoms with Gasteiger partial charge in [-0.25, -0.2) is 8.42 Å². The Morgan fingerprint density at radius 1 is 1.20 bits per heavy atom. The van der Waals surface area contributed by atoms with Gasteiger partial charge in [0.25, 0.3) is 10.0 Å². The molecule has 0 amide bonds. The molecule has 0 saturated carbocycles. The second-order valence-electron chi connectivity index (χ2n) is 5.28. The van der Waals surface area contributed by atoms with Crippen LogP contribution in [-0.2, 0) is 14.8 Å². The number of benzene rings is 1. The van der Waals surface area contributed by atoms with Gasteiger partial charge in [0.2, 0.25) is 0 Å². The minimum atomic E-state index is -3.82. The van der Waals surface area contributed by atoms with Crippen molar-refractivity contribution < 1.29 is 17.9 Å². The molecular formula is C15H17ClN4O4S. The van der Waals surface area contributed by atoms with Crippen molar-refractivity contribution in [2.75, 3.05) is 43.0 Å². The highest BCUT2D eigenvalue weighted by Gasteiger charge is 2.18. The van der Waals surface area contributed by atoms with E-state index in [1.54, 1.807) is 12.1 Å². The van der Waals surface area contributed by atoms with E-state index >= 15 is 0 Å². The van der Waals surface area contributed by atoms with Gasteiger partial charge in [-0.3, -0.25) is 4.72 Å². The van der Waals surface area contributed by atoms with Crippen LogP contribution in [0.3, 0.4) is 0 Å². The van der Waals surface area contributed by atoms with Crippen LogP contribution in [0.4, 0.5) is 11.6 Å². The number of methoxy groups -OCH3 is 1. The van der Waals surface area contributed by atoms with Gasteiger partial charge in [0.05, 0.1) is 30.2 Å². The van der Waals surface area contributed by atoms with Crippen molar-refractivity contribution in [3.63, 3.8) is 0 Å². The Hall–Kier alpha value is -2.10. The lowest BCUT2D eigenvalue weighted by Crippen LogP contribution is -2.36. The molecular weight excluding hydrogens is 368 g/mol. The van der Waals surface area contributed by atoms with Crippen LogP contribution in [0.2, 0.25) is 5.02 Å². The molecule has 1 aliphatic heterocycles. The van der Waals surface area contributed by atoms with E-state index in [2.05, 4.69) is 14.9 Å². The number of rotatable bonds is 5. The third-order valence-electron chi connectivity index (χ3n) is 3.66. The molecule has 8 nitrogen and oxygen atoms in total. The molecule has 1 N–H and O–H groups in total. The van der Waals surface area contributed by atoms with Crippen molar-refractivity contribution in [1.82, 2.24) is 10.2 Å². The Kier molecular flexibility index (Phi) is 5.26. The first-order valence-electron chi connectivity index (χ1n) is 7.52. The third-order valence-corrected chi connectivity index (χ3v) is 5.31. The summed E-state index contributed by atoms with van der Waals surface area (Å²) in [7, 11) is -2.37. The number of sulfonamides is 1. The van der Waals surface area contributed by atoms with Gasteiger partial charge in [0.1, 0.15) is 5.75 Å². The number of hydrogen-bond acceptors (Lipinski definition) is 7. The van der Waals surface area contributed by atoms with Crippen LogP contribution in [0.25, 0.3) is 0 Å². The molecule has 1 saturated heterocycles. The second kappa shape index (κ2) is 7.42. The summed E-state index contributed by atoms with van der Waals surface area (Å²) in [6, 6.07) is 7.50. The van der Waals surface area contributed by atoms with Gasteiger partial charge in [-0.05, 0) is 30.3 Å². The molecule has 0 spiro atoms. The highest BCUT2D eigenvalue weighted by Crippen LogP contribution is 2.27. The highest BCUT2D eigenvalue weighted by molar-refractivity contribution is 7.92. The number of hydrogen-bond donors (Lipinski definition) is 1. The summed E-state index contributed by atoms with van der Waals surface area (Å²) in [4.78, 5) is 2.04. The maximum absolute atomic E-state index is 12.4. The maximum atomic E-state index is 12.4. The Labute approximate surface area is 150 Å². The fraction of sp³-hybridized carbons (Fsp3) is 0.333. The molecule has 1 aliphatic rings. The van der Waals surface area contributed by atoms with Crippen molar-refractivity contribution in [3.8, 4) is 5.75 Å². The van der Waals surface area contributed by atoms with Crippen LogP contribution in [0.1, 0.15) is 0 Å². The Bertz CT molecular complexity index is 839. The zero-order valence-electron chi connectivity index (χ0n) is 13.5. The third kappa shape index (κ3) is 4.12. The van der Waals surface area contributed by atoms with Crippen molar-refractivity contribution >= 4 is 33.3 Å². The van der Waals surface area contributed by atoms with Crippen LogP contribution in [0.5, 0.6) is 5.75 Å². The van der Waals surface area contributed by atoms with Crippen molar-refractivity contribution in [3.05, 3.63) is 35.4 Å². The molecule has 2 heterocycles. The van der Waals surface area contributed by atoms with Crippen LogP contribution in [0, 0.1) is 0 Å². The monoisotopic (exact) mass is 384 g/mol. The van der Waals surface area contributed by atoms with E-state index < -0.39 is 10.0 Å². The lowest BCUT2D eigenvalue weighted by Gasteiger charge is -2.27. The quantitative estimate of drug-likeness (QED) is 0.839. The molecule has 3 rings (SSSR count). The number of halogens is 1. The fourth-order valence-electron chi connectivity index (χ4n) is 2.35. The average Bonchev–Trinajstić information content (AvgIpc) is 2.62. The average molecular weight is 385 g/mol. The Morgan fingerprint density at radius 3 is 2.56 bits per heavy atom. The topological polar surface area (TPSA) is 93.7 Å². The Morgan fingerprint density at radius 2 is 1.96 bits per heavy atom. The van der Waals surface area contributed by atoms with Crippen LogP contribution < -0.4 is 14.4 Å². The lowest BCUT2D eigenvalue weighted by atomic mass is 10.3. The van der Waals surface area contributed by atoms with E-state index in [4.69, 9.17) is 21.1 Å². The first kappa shape index (κ1) is 17.7. The van der Waals surface area contributed by atoms with Crippen LogP contribution >= 0.6 is 11.6 Å². The zero-order chi connectivity index (χ0) is 17.9. The summed E-state index contributed by atoms with van der Waals surface area (Å²) in [6.45, 7) is 2.72. The van der Waals surface area contributed by atoms with E-state index in [1.807, 2.05) is 4.90 Å². The molecule has 0 aliphatic carbocycles. The molecule has 0 atom stereocenters. The highest BCUT2D eigenvalue weighted by atomic mass is 35.5. The van der Waals surface area contributed by atoms with Crippen molar-refractivity contribution in [1.29, 1.82) is 0 Å². The van der Waals surface area contributed by atoms with E-state index in [0.717, 1.165) is 13.1 Å². The van der Waals surface area contributed by atoms with Gasteiger partial charge in [-0.15, -0.1) is 10.2 Å². The van der Waals surface area contributed by atoms with Crippen molar-refractivity contribution in [2.24, 2.45) is 0 Å². The minimum Gasteiger partial charge on any atom is -0.495 e. The van der Waals surface area contributed by atoms with E-state index in [-0.39, 0.29) is 15.7 Å². The van der Waals surface area contributed by atoms with E-state index in [1.165, 1.54) is 25.3 Å². The van der Waals surface area contributed by atoms with Crippen LogP contribution in [-0.4, -0.2) is 52.0 Å². The van der Waals surface area contributed by atoms with E-state index in [0.29, 0.717) is 24.8 Å². The number of morpholine rings is 1. The summed E-state index contributed by atoms with van der Waals surface area (Å²) >= 11 is 5.98. The lowest BCUT2D eigenvalue weighted by molar-refractivity contribution is 0.122. The van der Waals surface area contributed by atoms with Gasteiger partial charge < -0.3 is 14.4 Å². The summed E-state index contributed by atoms with van der Waals surface area (Å²) in [5.41, 5.74) is 0. The number of nitrogens with zero attached hydrogens (tertiary/aromatic N) is 3. The van der Waals surface area contributed by atoms with Crippen LogP contribution in [0.15, 0.2) is 35.2 Å². The maximum Gasteiger partial charge on any atom is 0.263 e. The molecule has 10 heteroatoms. The minimum absolute atomic E-state index is 0.0114. The molecule has 2 aromatic rings. The second-order valence-corrected chi connectivity index (χ2v) is 7.37. The summed E-state index contributed by atoms with van der Waals surface area (Å²) in [5.74, 6) is 1.21. The summed E-state index contributed by atoms with van der Waals surface area (Å²) < 4.78 is 37.6. The largest absolute Gasteiger partial charge is 0.495 e. The van der Waals surface area contributed by atoms with Gasteiger partial charge >= 0.3 is 0 Å². The SMILES string of the molecule is COc1ccc(S(=O)(=O)Nc2ccc(N3CCOCC3)nn2)cc1Cl. The smallest absolute Gasteiger partial charge is 0.263 e. The zero-order valence-corrected chi connectivity index (χ0v) is 15.0. The first-order valence-corrected chi connectivity index (χ1v) is 9.38. The molecule has 1 aromatic carbocycles. The summed E-state index contributed by atoms with van der Waals surface area (Å²) in [6.07, 6.45) is 0. The molecule has 0 radical (unpaired) electrons. The number of nitrogens with one attached hydrogen (secondary N) is 1. The molecule has 134 valence electrons. The molecule has 25 heavy (non-hydrogen) atoms. The van der Waals surface area contributed by atoms with Crippen molar-refractivity contribution in [2.45, 2.75) is 4.90 Å². The predicted molar refractivity (Wildman–Crippen MR) is 93.9 cm³/mol. The number of ether oxygens (including phenoxy) is 2. The summed E-state index contributed by atoms with van der Waals surface area (Å²) in [5, 5.41) is 8.22. The van der Waals surface area contributed by atoms with Gasteiger partial charge in [-0.2, -0.15) is 0 Å². The van der Waals surface area contributed by atoms with E-state index in [9.17, 15) is 8.42 Å². The molecule has 1 fully saturated rings. The first-order chi connectivity index (χ1) is 12.0. The number of anilines is 2. The number of aromatic nitrogens is 2. The standard InChI is InChI=1S/C15H17ClN4O4S/c1-23-13-3-2-11(10-12(13)16)25(21,22)19-14-4-5-15(18-17-14)20-6-8-24-9-7-20/h2-5,10H,6-9H2,1H3,(H,17,19). The van der Waals surface area contributed by atoms with Gasteiger partial charge in [0, 0.05) is 13.1 Å². The van der Waals surface area contributed by atoms with Gasteiger partial charge in [0.15, 0.2) is 11.6 Å². The predicted octanol–water partition coefficient (Wildman–Crippen LogP) is 1.78.